The summed E-state index contributed by atoms with van der Waals surface area (Å²) in [5.74, 6) is 0. The van der Waals surface area contributed by atoms with Gasteiger partial charge in [-0.15, -0.1) is 0 Å². The van der Waals surface area contributed by atoms with E-state index >= 15 is 0 Å². The maximum Gasteiger partial charge on any atom is -0.00264 e. The molecular weight excluding hydrogens is 456 g/mol. The third-order valence-corrected chi connectivity index (χ3v) is 9.08. The van der Waals surface area contributed by atoms with Crippen molar-refractivity contribution in [1.29, 1.82) is 0 Å². The fourth-order valence-corrected chi connectivity index (χ4v) is 7.44. The molecule has 0 atom stereocenters. The molecule has 172 valence electrons. The van der Waals surface area contributed by atoms with E-state index in [0.29, 0.717) is 0 Å². The lowest BCUT2D eigenvalue weighted by Crippen LogP contribution is -1.85. The smallest absolute Gasteiger partial charge is 0.00264 e. The van der Waals surface area contributed by atoms with E-state index in [1.807, 2.05) is 0 Å². The molecule has 0 saturated carbocycles. The lowest BCUT2D eigenvalue weighted by Gasteiger charge is -2.12. The Morgan fingerprint density at radius 1 is 0.237 bits per heavy atom. The van der Waals surface area contributed by atoms with Gasteiger partial charge in [0.25, 0.3) is 0 Å². The van der Waals surface area contributed by atoms with Crippen molar-refractivity contribution in [2.45, 2.75) is 0 Å². The molecule has 0 heteroatoms. The van der Waals surface area contributed by atoms with Crippen molar-refractivity contribution in [3.63, 3.8) is 0 Å². The van der Waals surface area contributed by atoms with Crippen molar-refractivity contribution < 1.29 is 0 Å². The Hall–Kier alpha value is -4.94. The molecule has 0 bridgehead atoms. The van der Waals surface area contributed by atoms with Crippen molar-refractivity contribution >= 4 is 53.9 Å². The summed E-state index contributed by atoms with van der Waals surface area (Å²) in [5.41, 5.74) is 10.9. The largest absolute Gasteiger partial charge is 0.0610 e. The normalized spacial score (nSPS) is 12.7. The van der Waals surface area contributed by atoms with E-state index in [4.69, 9.17) is 0 Å². The van der Waals surface area contributed by atoms with Gasteiger partial charge in [-0.3, -0.25) is 0 Å². The van der Waals surface area contributed by atoms with Gasteiger partial charge >= 0.3 is 0 Å². The number of fused-ring (bicyclic) bond motifs is 11. The fourth-order valence-electron chi connectivity index (χ4n) is 7.44. The summed E-state index contributed by atoms with van der Waals surface area (Å²) >= 11 is 0. The molecule has 0 radical (unpaired) electrons. The second-order valence-electron chi connectivity index (χ2n) is 10.9. The molecular formula is C38H20. The quantitative estimate of drug-likeness (QED) is 0.191. The molecule has 0 unspecified atom stereocenters. The number of hydrogen-bond acceptors (Lipinski definition) is 0. The maximum atomic E-state index is 2.44. The van der Waals surface area contributed by atoms with Gasteiger partial charge in [0.2, 0.25) is 0 Å². The Morgan fingerprint density at radius 2 is 0.605 bits per heavy atom. The predicted molar refractivity (Wildman–Crippen MR) is 163 cm³/mol. The summed E-state index contributed by atoms with van der Waals surface area (Å²) in [5, 5.41) is 13.3. The standard InChI is InChI=1S/C38H20/c1-5-21-7-3-11-29-35-19-31-23(17-33(35)27(9-1)37(21)29)13-15-26-25(31)16-14-24-18-34-28-10-2-6-22-8-4-12-30(38(22)28)36(34)20-32(24)26/h1-20H. The second kappa shape index (κ2) is 6.49. The maximum absolute atomic E-state index is 2.44. The minimum Gasteiger partial charge on any atom is -0.0610 e. The molecule has 2 aliphatic carbocycles. The van der Waals surface area contributed by atoms with Crippen LogP contribution in [0.25, 0.3) is 98.4 Å². The molecule has 2 aliphatic rings. The fraction of sp³-hybridized carbons (Fsp3) is 0. The van der Waals surface area contributed by atoms with Crippen LogP contribution >= 0.6 is 0 Å². The predicted octanol–water partition coefficient (Wildman–Crippen LogP) is 10.7. The number of rotatable bonds is 0. The van der Waals surface area contributed by atoms with E-state index in [1.165, 1.54) is 98.4 Å². The van der Waals surface area contributed by atoms with E-state index < -0.39 is 0 Å². The number of hydrogen-bond donors (Lipinski definition) is 0. The van der Waals surface area contributed by atoms with Crippen molar-refractivity contribution in [3.05, 3.63) is 121 Å². The average Bonchev–Trinajstić information content (AvgIpc) is 3.46. The van der Waals surface area contributed by atoms with Crippen molar-refractivity contribution in [2.24, 2.45) is 0 Å². The summed E-state index contributed by atoms with van der Waals surface area (Å²) in [4.78, 5) is 0. The molecule has 10 rings (SSSR count). The molecule has 0 N–H and O–H groups in total. The van der Waals surface area contributed by atoms with Crippen molar-refractivity contribution in [3.8, 4) is 44.5 Å². The van der Waals surface area contributed by atoms with Gasteiger partial charge < -0.3 is 0 Å². The number of benzene rings is 8. The SMILES string of the molecule is c1cc2c3c(cccc3c1)-c1cc3c(ccc4c5cc6c(cc5ccc34)-c3cccc4cccc-6c34)cc1-2. The Morgan fingerprint density at radius 3 is 1.00 bits per heavy atom. The van der Waals surface area contributed by atoms with E-state index in [1.54, 1.807) is 0 Å². The summed E-state index contributed by atoms with van der Waals surface area (Å²) in [6.07, 6.45) is 0. The van der Waals surface area contributed by atoms with E-state index in [9.17, 15) is 0 Å². The highest BCUT2D eigenvalue weighted by atomic mass is 14.3. The molecule has 0 spiro atoms. The first-order chi connectivity index (χ1) is 18.8. The van der Waals surface area contributed by atoms with Crippen LogP contribution in [-0.4, -0.2) is 0 Å². The Balaban J connectivity index is 1.29. The molecule has 38 heavy (non-hydrogen) atoms. The molecule has 0 aliphatic heterocycles. The Bertz CT molecular complexity index is 2210. The van der Waals surface area contributed by atoms with Crippen LogP contribution in [0.1, 0.15) is 0 Å². The Labute approximate surface area is 219 Å². The van der Waals surface area contributed by atoms with Crippen LogP contribution in [0.3, 0.4) is 0 Å². The average molecular weight is 477 g/mol. The zero-order valence-electron chi connectivity index (χ0n) is 20.5. The van der Waals surface area contributed by atoms with Gasteiger partial charge in [-0.25, -0.2) is 0 Å². The van der Waals surface area contributed by atoms with Crippen LogP contribution in [0, 0.1) is 0 Å². The summed E-state index contributed by atoms with van der Waals surface area (Å²) < 4.78 is 0. The highest BCUT2D eigenvalue weighted by molar-refractivity contribution is 6.24. The summed E-state index contributed by atoms with van der Waals surface area (Å²) in [6.45, 7) is 0. The van der Waals surface area contributed by atoms with Gasteiger partial charge in [0.15, 0.2) is 0 Å². The molecule has 8 aromatic carbocycles. The topological polar surface area (TPSA) is 0 Å². The lowest BCUT2D eigenvalue weighted by atomic mass is 9.91. The van der Waals surface area contributed by atoms with E-state index in [0.717, 1.165) is 0 Å². The van der Waals surface area contributed by atoms with Gasteiger partial charge in [-0.2, -0.15) is 0 Å². The van der Waals surface area contributed by atoms with Crippen LogP contribution in [0.2, 0.25) is 0 Å². The van der Waals surface area contributed by atoms with Gasteiger partial charge in [-0.05, 0) is 123 Å². The van der Waals surface area contributed by atoms with Crippen LogP contribution in [-0.2, 0) is 0 Å². The minimum absolute atomic E-state index is 1.30. The lowest BCUT2D eigenvalue weighted by molar-refractivity contribution is 1.74. The first kappa shape index (κ1) is 19.2. The van der Waals surface area contributed by atoms with Crippen molar-refractivity contribution in [1.82, 2.24) is 0 Å². The van der Waals surface area contributed by atoms with Crippen LogP contribution < -0.4 is 0 Å². The minimum atomic E-state index is 1.30. The van der Waals surface area contributed by atoms with Gasteiger partial charge in [0.1, 0.15) is 0 Å². The van der Waals surface area contributed by atoms with Crippen LogP contribution in [0.5, 0.6) is 0 Å². The first-order valence-electron chi connectivity index (χ1n) is 13.4. The molecule has 0 heterocycles. The summed E-state index contributed by atoms with van der Waals surface area (Å²) in [7, 11) is 0. The monoisotopic (exact) mass is 476 g/mol. The Kier molecular flexibility index (Phi) is 3.28. The molecule has 0 saturated heterocycles. The zero-order chi connectivity index (χ0) is 24.5. The van der Waals surface area contributed by atoms with Crippen LogP contribution in [0.15, 0.2) is 121 Å². The highest BCUT2D eigenvalue weighted by Gasteiger charge is 2.24. The zero-order valence-corrected chi connectivity index (χ0v) is 20.5. The van der Waals surface area contributed by atoms with Gasteiger partial charge in [0, 0.05) is 0 Å². The molecule has 0 aromatic heterocycles. The van der Waals surface area contributed by atoms with Crippen LogP contribution in [0.4, 0.5) is 0 Å². The molecule has 8 aromatic rings. The van der Waals surface area contributed by atoms with E-state index in [-0.39, 0.29) is 0 Å². The molecule has 0 fully saturated rings. The third kappa shape index (κ3) is 2.20. The van der Waals surface area contributed by atoms with Crippen molar-refractivity contribution in [2.75, 3.05) is 0 Å². The first-order valence-corrected chi connectivity index (χ1v) is 13.4. The highest BCUT2D eigenvalue weighted by Crippen LogP contribution is 2.51. The summed E-state index contributed by atoms with van der Waals surface area (Å²) in [6, 6.07) is 45.8. The van der Waals surface area contributed by atoms with Gasteiger partial charge in [-0.1, -0.05) is 97.1 Å². The molecule has 0 amide bonds. The van der Waals surface area contributed by atoms with E-state index in [2.05, 4.69) is 121 Å². The van der Waals surface area contributed by atoms with Gasteiger partial charge in [0.05, 0.1) is 0 Å². The second-order valence-corrected chi connectivity index (χ2v) is 10.9. The third-order valence-electron chi connectivity index (χ3n) is 9.08. The molecule has 0 nitrogen and oxygen atoms in total.